The molecule has 5 aromatic rings. The minimum Gasteiger partial charge on any atom is -0.453 e. The van der Waals surface area contributed by atoms with Crippen molar-refractivity contribution < 1.29 is 33.4 Å². The van der Waals surface area contributed by atoms with Crippen molar-refractivity contribution in [1.29, 1.82) is 0 Å². The number of esters is 1. The number of aromatic amines is 1. The van der Waals surface area contributed by atoms with Gasteiger partial charge in [-0.25, -0.2) is 14.6 Å². The second-order valence-corrected chi connectivity index (χ2v) is 11.3. The van der Waals surface area contributed by atoms with Gasteiger partial charge in [0.2, 0.25) is 5.82 Å². The number of nitrogens with one attached hydrogen (secondary N) is 1. The van der Waals surface area contributed by atoms with Gasteiger partial charge in [-0.15, -0.1) is 20.3 Å². The van der Waals surface area contributed by atoms with Gasteiger partial charge in [0, 0.05) is 24.9 Å². The maximum absolute atomic E-state index is 13.7. The third-order valence-corrected chi connectivity index (χ3v) is 7.21. The van der Waals surface area contributed by atoms with Crippen LogP contribution in [0.3, 0.4) is 0 Å². The number of carbonyl (C=O) groups is 1. The van der Waals surface area contributed by atoms with Crippen molar-refractivity contribution in [2.75, 3.05) is 0 Å². The molecule has 3 heterocycles. The largest absolute Gasteiger partial charge is 0.519 e. The van der Waals surface area contributed by atoms with E-state index in [0.717, 1.165) is 28.7 Å². The lowest BCUT2D eigenvalue weighted by molar-refractivity contribution is -0.767. The van der Waals surface area contributed by atoms with Crippen molar-refractivity contribution in [2.45, 2.75) is 71.8 Å². The van der Waals surface area contributed by atoms with Gasteiger partial charge in [0.25, 0.3) is 5.09 Å². The number of benzene rings is 2. The summed E-state index contributed by atoms with van der Waals surface area (Å²) in [6.07, 6.45) is 0.0970. The Balaban J connectivity index is 1.44. The first-order valence-corrected chi connectivity index (χ1v) is 14.8. The van der Waals surface area contributed by atoms with Crippen LogP contribution < -0.4 is 5.82 Å². The van der Waals surface area contributed by atoms with Crippen molar-refractivity contribution in [1.82, 2.24) is 30.2 Å². The van der Waals surface area contributed by atoms with Gasteiger partial charge in [-0.05, 0) is 49.1 Å². The maximum atomic E-state index is 13.7. The molecular formula is C31H33N7O9. The Bertz CT molecular complexity index is 1900. The number of H-pyrrole nitrogens is 1. The predicted octanol–water partition coefficient (Wildman–Crippen LogP) is 4.00. The van der Waals surface area contributed by atoms with Crippen molar-refractivity contribution >= 4 is 5.97 Å². The molecule has 47 heavy (non-hydrogen) atoms. The summed E-state index contributed by atoms with van der Waals surface area (Å²) in [5.74, 6) is -1.02. The Morgan fingerprint density at radius 1 is 1.13 bits per heavy atom. The molecule has 2 N–H and O–H groups in total. The predicted molar refractivity (Wildman–Crippen MR) is 163 cm³/mol. The molecule has 0 amide bonds. The smallest absolute Gasteiger partial charge is 0.453 e. The number of aliphatic hydroxyl groups is 1. The highest BCUT2D eigenvalue weighted by Crippen LogP contribution is 2.31. The van der Waals surface area contributed by atoms with E-state index in [1.165, 1.54) is 20.8 Å². The molecule has 16 heteroatoms. The Morgan fingerprint density at radius 3 is 2.47 bits per heavy atom. The molecular weight excluding hydrogens is 614 g/mol. The van der Waals surface area contributed by atoms with Gasteiger partial charge in [0.1, 0.15) is 23.2 Å². The minimum atomic E-state index is -1.51. The molecule has 0 fully saturated rings. The Kier molecular flexibility index (Phi) is 9.60. The topological polar surface area (TPSA) is 215 Å². The number of aromatic nitrogens is 6. The van der Waals surface area contributed by atoms with Crippen LogP contribution >= 0.6 is 0 Å². The summed E-state index contributed by atoms with van der Waals surface area (Å²) in [5, 5.41) is 35.1. The number of tetrazole rings is 1. The van der Waals surface area contributed by atoms with E-state index in [-0.39, 0.29) is 35.9 Å². The molecule has 0 unspecified atom stereocenters. The fourth-order valence-electron chi connectivity index (χ4n) is 5.14. The van der Waals surface area contributed by atoms with Crippen LogP contribution in [0.5, 0.6) is 0 Å². The molecule has 0 aliphatic rings. The average Bonchev–Trinajstić information content (AvgIpc) is 3.76. The summed E-state index contributed by atoms with van der Waals surface area (Å²) >= 11 is 0. The molecule has 3 aromatic heterocycles. The van der Waals surface area contributed by atoms with Crippen LogP contribution in [0.15, 0.2) is 62.2 Å². The normalized spacial score (nSPS) is 12.2. The molecule has 0 aliphatic heterocycles. The molecule has 0 aliphatic carbocycles. The molecule has 16 nitrogen and oxygen atoms in total. The summed E-state index contributed by atoms with van der Waals surface area (Å²) in [6.45, 7) is 6.14. The van der Waals surface area contributed by atoms with Crippen molar-refractivity contribution in [3.8, 4) is 22.5 Å². The zero-order chi connectivity index (χ0) is 33.7. The van der Waals surface area contributed by atoms with Gasteiger partial charge in [-0.3, -0.25) is 0 Å². The number of hydrogen-bond donors (Lipinski definition) is 2. The van der Waals surface area contributed by atoms with Crippen molar-refractivity contribution in [3.05, 3.63) is 104 Å². The van der Waals surface area contributed by atoms with Gasteiger partial charge in [-0.2, -0.15) is 5.21 Å². The summed E-state index contributed by atoms with van der Waals surface area (Å²) in [4.78, 5) is 45.4. The third kappa shape index (κ3) is 7.61. The molecule has 2 aromatic carbocycles. The van der Waals surface area contributed by atoms with Gasteiger partial charge >= 0.3 is 11.8 Å². The lowest BCUT2D eigenvalue weighted by atomic mass is 9.98. The van der Waals surface area contributed by atoms with Gasteiger partial charge < -0.3 is 28.1 Å². The van der Waals surface area contributed by atoms with Gasteiger partial charge in [-0.1, -0.05) is 55.5 Å². The molecule has 0 saturated heterocycles. The highest BCUT2D eigenvalue weighted by atomic mass is 17.0. The molecule has 0 bridgehead atoms. The first-order chi connectivity index (χ1) is 22.4. The number of imidazole rings is 1. The van der Waals surface area contributed by atoms with Gasteiger partial charge in [0.15, 0.2) is 23.8 Å². The fraction of sp³-hybridized carbons (Fsp3) is 0.355. The van der Waals surface area contributed by atoms with E-state index in [1.54, 1.807) is 4.57 Å². The maximum Gasteiger partial charge on any atom is 0.519 e. The van der Waals surface area contributed by atoms with E-state index in [9.17, 15) is 24.8 Å². The summed E-state index contributed by atoms with van der Waals surface area (Å²) in [5.41, 5.74) is 2.13. The Morgan fingerprint density at radius 2 is 1.83 bits per heavy atom. The summed E-state index contributed by atoms with van der Waals surface area (Å²) in [6, 6.07) is 15.4. The Labute approximate surface area is 267 Å². The molecule has 1 atom stereocenters. The van der Waals surface area contributed by atoms with Crippen molar-refractivity contribution in [3.63, 3.8) is 0 Å². The number of nitrogens with zero attached hydrogens (tertiary/aromatic N) is 6. The van der Waals surface area contributed by atoms with E-state index in [0.29, 0.717) is 18.1 Å². The van der Waals surface area contributed by atoms with E-state index in [2.05, 4.69) is 30.4 Å². The van der Waals surface area contributed by atoms with E-state index >= 15 is 0 Å². The molecule has 0 spiro atoms. The van der Waals surface area contributed by atoms with E-state index in [1.807, 2.05) is 55.5 Å². The molecule has 0 radical (unpaired) electrons. The highest BCUT2D eigenvalue weighted by molar-refractivity contribution is 5.89. The average molecular weight is 648 g/mol. The van der Waals surface area contributed by atoms with E-state index in [4.69, 9.17) is 13.6 Å². The number of ether oxygens (including phenoxy) is 1. The zero-order valence-corrected chi connectivity index (χ0v) is 26.1. The highest BCUT2D eigenvalue weighted by Gasteiger charge is 2.33. The van der Waals surface area contributed by atoms with Crippen LogP contribution in [0, 0.1) is 10.1 Å². The van der Waals surface area contributed by atoms with Crippen LogP contribution in [0.25, 0.3) is 22.5 Å². The van der Waals surface area contributed by atoms with Gasteiger partial charge in [0.05, 0.1) is 0 Å². The minimum absolute atomic E-state index is 0.0323. The van der Waals surface area contributed by atoms with Crippen molar-refractivity contribution in [2.24, 2.45) is 0 Å². The quantitative estimate of drug-likeness (QED) is 0.0991. The number of carbonyl (C=O) groups excluding carboxylic acids is 1. The summed E-state index contributed by atoms with van der Waals surface area (Å²) < 4.78 is 17.3. The monoisotopic (exact) mass is 647 g/mol. The number of aryl methyl sites for hydroxylation is 1. The number of rotatable bonds is 14. The molecule has 0 saturated carbocycles. The van der Waals surface area contributed by atoms with Crippen LogP contribution in [-0.2, 0) is 41.2 Å². The number of hydrogen-bond acceptors (Lipinski definition) is 13. The van der Waals surface area contributed by atoms with Crippen LogP contribution in [0.2, 0.25) is 0 Å². The third-order valence-electron chi connectivity index (χ3n) is 7.21. The first kappa shape index (κ1) is 32.7. The standard InChI is InChI=1S/C31H33N7O9/c1-5-8-25-32-27(31(3,4)41)26(29(39)44-17-24-23(45-30(40)46-24)15-18(2)47-38(42)43)37(25)16-19-11-13-20(14-12-19)21-9-6-7-10-22(21)28-33-35-36-34-28/h6-7,9-14,18,41H,5,8,15-17H2,1-4H3,(H,33,34,35,36)/t18-/m1/s1. The second-order valence-electron chi connectivity index (χ2n) is 11.3. The van der Waals surface area contributed by atoms with Crippen LogP contribution in [0.4, 0.5) is 0 Å². The second kappa shape index (κ2) is 13.8. The molecule has 5 rings (SSSR count). The first-order valence-electron chi connectivity index (χ1n) is 14.8. The van der Waals surface area contributed by atoms with E-state index < -0.39 is 35.2 Å². The lowest BCUT2D eigenvalue weighted by Gasteiger charge is -2.18. The Hall–Kier alpha value is -5.64. The lowest BCUT2D eigenvalue weighted by Crippen LogP contribution is -2.23. The summed E-state index contributed by atoms with van der Waals surface area (Å²) in [7, 11) is 0. The SMILES string of the molecule is CCCc1nc(C(C)(C)O)c(C(=O)OCc2oc(=O)oc2C[C@@H](C)O[N+](=O)[O-])n1Cc1ccc(-c2ccccc2-c2nn[nH]n2)cc1. The molecule has 246 valence electrons. The fourth-order valence-corrected chi connectivity index (χ4v) is 5.14. The van der Waals surface area contributed by atoms with Crippen LogP contribution in [-0.4, -0.2) is 52.4 Å². The van der Waals surface area contributed by atoms with Crippen LogP contribution in [0.1, 0.15) is 73.2 Å². The zero-order valence-electron chi connectivity index (χ0n) is 26.1.